The van der Waals surface area contributed by atoms with E-state index in [1.807, 2.05) is 6.07 Å². The lowest BCUT2D eigenvalue weighted by Crippen LogP contribution is -2.24. The van der Waals surface area contributed by atoms with Crippen molar-refractivity contribution in [3.8, 4) is 0 Å². The lowest BCUT2D eigenvalue weighted by atomic mass is 10.1. The van der Waals surface area contributed by atoms with Crippen molar-refractivity contribution in [2.45, 2.75) is 5.92 Å². The molecule has 1 aromatic rings. The highest BCUT2D eigenvalue weighted by Gasteiger charge is 2.22. The van der Waals surface area contributed by atoms with E-state index in [4.69, 9.17) is 5.73 Å². The molecular weight excluding hydrogens is 248 g/mol. The molecule has 76 valence electrons. The molecular formula is C9H11BrN2O2. The van der Waals surface area contributed by atoms with Gasteiger partial charge in [0.25, 0.3) is 0 Å². The summed E-state index contributed by atoms with van der Waals surface area (Å²) in [6, 6.07) is 3.59. The molecule has 0 aliphatic carbocycles. The fourth-order valence-corrected chi connectivity index (χ4v) is 1.65. The van der Waals surface area contributed by atoms with Crippen molar-refractivity contribution in [3.63, 3.8) is 0 Å². The van der Waals surface area contributed by atoms with Crippen LogP contribution in [0.4, 0.5) is 0 Å². The molecule has 0 spiro atoms. The fourth-order valence-electron chi connectivity index (χ4n) is 1.12. The Labute approximate surface area is 90.6 Å². The Morgan fingerprint density at radius 1 is 1.79 bits per heavy atom. The zero-order valence-corrected chi connectivity index (χ0v) is 9.32. The Morgan fingerprint density at radius 2 is 2.50 bits per heavy atom. The largest absolute Gasteiger partial charge is 0.468 e. The van der Waals surface area contributed by atoms with Gasteiger partial charge >= 0.3 is 5.97 Å². The van der Waals surface area contributed by atoms with Crippen molar-refractivity contribution >= 4 is 21.9 Å². The first-order chi connectivity index (χ1) is 6.70. The van der Waals surface area contributed by atoms with Gasteiger partial charge in [-0.1, -0.05) is 0 Å². The molecule has 1 heterocycles. The van der Waals surface area contributed by atoms with Gasteiger partial charge in [-0.25, -0.2) is 0 Å². The fraction of sp³-hybridized carbons (Fsp3) is 0.333. The van der Waals surface area contributed by atoms with Gasteiger partial charge in [-0.05, 0) is 28.1 Å². The Kier molecular flexibility index (Phi) is 4.03. The third-order valence-corrected chi connectivity index (χ3v) is 2.51. The van der Waals surface area contributed by atoms with Gasteiger partial charge in [-0.15, -0.1) is 0 Å². The van der Waals surface area contributed by atoms with Crippen molar-refractivity contribution in [1.82, 2.24) is 4.98 Å². The lowest BCUT2D eigenvalue weighted by Gasteiger charge is -2.12. The van der Waals surface area contributed by atoms with Gasteiger partial charge in [0.2, 0.25) is 0 Å². The van der Waals surface area contributed by atoms with E-state index in [1.54, 1.807) is 12.3 Å². The van der Waals surface area contributed by atoms with Crippen LogP contribution in [0.1, 0.15) is 11.6 Å². The van der Waals surface area contributed by atoms with Crippen LogP contribution in [0.2, 0.25) is 0 Å². The minimum atomic E-state index is -0.504. The van der Waals surface area contributed by atoms with E-state index in [0.29, 0.717) is 5.69 Å². The quantitative estimate of drug-likeness (QED) is 0.824. The number of hydrogen-bond donors (Lipinski definition) is 1. The van der Waals surface area contributed by atoms with Crippen LogP contribution < -0.4 is 5.73 Å². The highest BCUT2D eigenvalue weighted by molar-refractivity contribution is 9.10. The number of nitrogens with zero attached hydrogens (tertiary/aromatic N) is 1. The summed E-state index contributed by atoms with van der Waals surface area (Å²) in [6.45, 7) is 0.183. The highest BCUT2D eigenvalue weighted by Crippen LogP contribution is 2.22. The van der Waals surface area contributed by atoms with Gasteiger partial charge in [-0.2, -0.15) is 0 Å². The number of aromatic nitrogens is 1. The first-order valence-electron chi connectivity index (χ1n) is 4.09. The molecule has 0 saturated heterocycles. The molecule has 14 heavy (non-hydrogen) atoms. The van der Waals surface area contributed by atoms with E-state index in [9.17, 15) is 4.79 Å². The molecule has 5 heteroatoms. The summed E-state index contributed by atoms with van der Waals surface area (Å²) >= 11 is 3.31. The van der Waals surface area contributed by atoms with Crippen LogP contribution in [-0.4, -0.2) is 24.6 Å². The lowest BCUT2D eigenvalue weighted by molar-refractivity contribution is -0.142. The molecule has 4 nitrogen and oxygen atoms in total. The summed E-state index contributed by atoms with van der Waals surface area (Å²) in [5.74, 6) is -0.873. The molecule has 0 aliphatic rings. The summed E-state index contributed by atoms with van der Waals surface area (Å²) in [5, 5.41) is 0. The Balaban J connectivity index is 3.01. The summed E-state index contributed by atoms with van der Waals surface area (Å²) in [5.41, 5.74) is 6.10. The van der Waals surface area contributed by atoms with Crippen LogP contribution in [0.25, 0.3) is 0 Å². The molecule has 1 rings (SSSR count). The number of halogens is 1. The third-order valence-electron chi connectivity index (χ3n) is 1.84. The molecule has 0 bridgehead atoms. The first-order valence-corrected chi connectivity index (χ1v) is 4.88. The summed E-state index contributed by atoms with van der Waals surface area (Å²) in [7, 11) is 1.34. The Morgan fingerprint density at radius 3 is 3.00 bits per heavy atom. The zero-order valence-electron chi connectivity index (χ0n) is 7.74. The van der Waals surface area contributed by atoms with Crippen molar-refractivity contribution < 1.29 is 9.53 Å². The number of rotatable bonds is 3. The molecule has 1 aromatic heterocycles. The average Bonchev–Trinajstić information content (AvgIpc) is 2.21. The van der Waals surface area contributed by atoms with Crippen LogP contribution >= 0.6 is 15.9 Å². The van der Waals surface area contributed by atoms with E-state index < -0.39 is 5.92 Å². The first kappa shape index (κ1) is 11.1. The molecule has 0 fully saturated rings. The van der Waals surface area contributed by atoms with Gasteiger partial charge < -0.3 is 10.5 Å². The highest BCUT2D eigenvalue weighted by atomic mass is 79.9. The number of methoxy groups -OCH3 is 1. The summed E-state index contributed by atoms with van der Waals surface area (Å²) in [6.07, 6.45) is 1.62. The average molecular weight is 259 g/mol. The van der Waals surface area contributed by atoms with Crippen molar-refractivity contribution in [3.05, 3.63) is 28.5 Å². The van der Waals surface area contributed by atoms with Crippen LogP contribution in [0.15, 0.2) is 22.8 Å². The van der Waals surface area contributed by atoms with Gasteiger partial charge in [-0.3, -0.25) is 9.78 Å². The second-order valence-electron chi connectivity index (χ2n) is 2.68. The number of ether oxygens (including phenoxy) is 1. The van der Waals surface area contributed by atoms with Crippen LogP contribution in [-0.2, 0) is 9.53 Å². The Hall–Kier alpha value is -0.940. The van der Waals surface area contributed by atoms with E-state index in [0.717, 1.165) is 4.47 Å². The van der Waals surface area contributed by atoms with Gasteiger partial charge in [0.15, 0.2) is 0 Å². The number of nitrogens with two attached hydrogens (primary N) is 1. The van der Waals surface area contributed by atoms with E-state index in [1.165, 1.54) is 7.11 Å². The minimum absolute atomic E-state index is 0.183. The Bertz CT molecular complexity index is 330. The topological polar surface area (TPSA) is 65.2 Å². The summed E-state index contributed by atoms with van der Waals surface area (Å²) < 4.78 is 5.40. The van der Waals surface area contributed by atoms with Crippen molar-refractivity contribution in [2.24, 2.45) is 5.73 Å². The summed E-state index contributed by atoms with van der Waals surface area (Å²) in [4.78, 5) is 15.4. The molecule has 2 N–H and O–H groups in total. The molecule has 1 unspecified atom stereocenters. The second kappa shape index (κ2) is 5.07. The van der Waals surface area contributed by atoms with Crippen LogP contribution in [0.3, 0.4) is 0 Å². The predicted octanol–water partition coefficient (Wildman–Crippen LogP) is 1.06. The van der Waals surface area contributed by atoms with Gasteiger partial charge in [0, 0.05) is 17.2 Å². The van der Waals surface area contributed by atoms with Crippen molar-refractivity contribution in [2.75, 3.05) is 13.7 Å². The molecule has 0 aliphatic heterocycles. The SMILES string of the molecule is COC(=O)C(CN)c1ncccc1Br. The number of carbonyl (C=O) groups excluding carboxylic acids is 1. The number of hydrogen-bond acceptors (Lipinski definition) is 4. The van der Waals surface area contributed by atoms with E-state index >= 15 is 0 Å². The maximum Gasteiger partial charge on any atom is 0.316 e. The maximum absolute atomic E-state index is 11.3. The number of esters is 1. The minimum Gasteiger partial charge on any atom is -0.468 e. The molecule has 0 amide bonds. The molecule has 0 saturated carbocycles. The normalized spacial score (nSPS) is 12.2. The van der Waals surface area contributed by atoms with Gasteiger partial charge in [0.1, 0.15) is 5.92 Å². The number of pyridine rings is 1. The molecule has 0 aromatic carbocycles. The second-order valence-corrected chi connectivity index (χ2v) is 3.54. The van der Waals surface area contributed by atoms with E-state index in [2.05, 4.69) is 25.7 Å². The number of carbonyl (C=O) groups is 1. The van der Waals surface area contributed by atoms with Crippen LogP contribution in [0, 0.1) is 0 Å². The molecule has 0 radical (unpaired) electrons. The van der Waals surface area contributed by atoms with Gasteiger partial charge in [0.05, 0.1) is 12.8 Å². The standard InChI is InChI=1S/C9H11BrN2O2/c1-14-9(13)6(5-11)8-7(10)3-2-4-12-8/h2-4,6H,5,11H2,1H3. The monoisotopic (exact) mass is 258 g/mol. The smallest absolute Gasteiger partial charge is 0.316 e. The van der Waals surface area contributed by atoms with E-state index in [-0.39, 0.29) is 12.5 Å². The predicted molar refractivity (Wildman–Crippen MR) is 55.7 cm³/mol. The molecule has 1 atom stereocenters. The maximum atomic E-state index is 11.3. The van der Waals surface area contributed by atoms with Crippen LogP contribution in [0.5, 0.6) is 0 Å². The zero-order chi connectivity index (χ0) is 10.6. The third kappa shape index (κ3) is 2.30. The van der Waals surface area contributed by atoms with Crippen molar-refractivity contribution in [1.29, 1.82) is 0 Å².